The molecule has 3 heteroatoms. The van der Waals surface area contributed by atoms with Crippen LogP contribution in [0, 0.1) is 5.92 Å². The summed E-state index contributed by atoms with van der Waals surface area (Å²) in [6, 6.07) is 4.62. The number of nitrogens with one attached hydrogen (secondary N) is 1. The van der Waals surface area contributed by atoms with Gasteiger partial charge < -0.3 is 15.6 Å². The number of nitrogens with zero attached hydrogens (tertiary/aromatic N) is 1. The van der Waals surface area contributed by atoms with E-state index in [1.54, 1.807) is 0 Å². The lowest BCUT2D eigenvalue weighted by atomic mass is 9.86. The van der Waals surface area contributed by atoms with Crippen LogP contribution in [0.5, 0.6) is 0 Å². The van der Waals surface area contributed by atoms with Crippen molar-refractivity contribution in [1.82, 2.24) is 4.98 Å². The van der Waals surface area contributed by atoms with Crippen LogP contribution in [-0.4, -0.2) is 24.6 Å². The SMILES string of the molecule is CN(CC1CCC(N)CC1)c1ccc[nH]1. The molecule has 1 heterocycles. The first-order valence-corrected chi connectivity index (χ1v) is 5.86. The lowest BCUT2D eigenvalue weighted by Crippen LogP contribution is -2.32. The summed E-state index contributed by atoms with van der Waals surface area (Å²) in [5, 5.41) is 0. The van der Waals surface area contributed by atoms with Crippen LogP contribution in [0.2, 0.25) is 0 Å². The van der Waals surface area contributed by atoms with Crippen molar-refractivity contribution in [2.24, 2.45) is 11.7 Å². The Kier molecular flexibility index (Phi) is 3.31. The average molecular weight is 207 g/mol. The van der Waals surface area contributed by atoms with Crippen LogP contribution >= 0.6 is 0 Å². The van der Waals surface area contributed by atoms with Crippen LogP contribution in [0.25, 0.3) is 0 Å². The Morgan fingerprint density at radius 1 is 1.40 bits per heavy atom. The number of aromatic amines is 1. The quantitative estimate of drug-likeness (QED) is 0.796. The summed E-state index contributed by atoms with van der Waals surface area (Å²) in [4.78, 5) is 5.54. The first-order valence-electron chi connectivity index (χ1n) is 5.86. The molecule has 1 aromatic rings. The molecule has 3 N–H and O–H groups in total. The van der Waals surface area contributed by atoms with E-state index >= 15 is 0 Å². The highest BCUT2D eigenvalue weighted by molar-refractivity contribution is 5.37. The Bertz CT molecular complexity index is 273. The summed E-state index contributed by atoms with van der Waals surface area (Å²) < 4.78 is 0. The summed E-state index contributed by atoms with van der Waals surface area (Å²) in [6.07, 6.45) is 6.94. The zero-order valence-corrected chi connectivity index (χ0v) is 9.45. The predicted octanol–water partition coefficient (Wildman–Crippen LogP) is 1.97. The number of hydrogen-bond donors (Lipinski definition) is 2. The van der Waals surface area contributed by atoms with Crippen molar-refractivity contribution in [1.29, 1.82) is 0 Å². The normalized spacial score (nSPS) is 26.5. The maximum absolute atomic E-state index is 5.90. The van der Waals surface area contributed by atoms with Gasteiger partial charge in [-0.3, -0.25) is 0 Å². The molecule has 0 bridgehead atoms. The number of anilines is 1. The summed E-state index contributed by atoms with van der Waals surface area (Å²) >= 11 is 0. The van der Waals surface area contributed by atoms with Crippen LogP contribution in [0.3, 0.4) is 0 Å². The van der Waals surface area contributed by atoms with Crippen molar-refractivity contribution in [3.8, 4) is 0 Å². The van der Waals surface area contributed by atoms with E-state index in [4.69, 9.17) is 5.73 Å². The Morgan fingerprint density at radius 3 is 2.73 bits per heavy atom. The molecule has 0 radical (unpaired) electrons. The predicted molar refractivity (Wildman–Crippen MR) is 64.0 cm³/mol. The van der Waals surface area contributed by atoms with Crippen LogP contribution in [0.4, 0.5) is 5.82 Å². The molecule has 84 valence electrons. The average Bonchev–Trinajstić information content (AvgIpc) is 2.74. The van der Waals surface area contributed by atoms with Gasteiger partial charge in [0.2, 0.25) is 0 Å². The zero-order valence-electron chi connectivity index (χ0n) is 9.45. The van der Waals surface area contributed by atoms with E-state index in [1.165, 1.54) is 31.5 Å². The van der Waals surface area contributed by atoms with Crippen molar-refractivity contribution in [2.45, 2.75) is 31.7 Å². The van der Waals surface area contributed by atoms with Gasteiger partial charge in [-0.15, -0.1) is 0 Å². The lowest BCUT2D eigenvalue weighted by Gasteiger charge is -2.30. The van der Waals surface area contributed by atoms with Crippen LogP contribution in [0.1, 0.15) is 25.7 Å². The van der Waals surface area contributed by atoms with Crippen molar-refractivity contribution < 1.29 is 0 Å². The fourth-order valence-corrected chi connectivity index (χ4v) is 2.41. The zero-order chi connectivity index (χ0) is 10.7. The van der Waals surface area contributed by atoms with E-state index in [-0.39, 0.29) is 0 Å². The minimum absolute atomic E-state index is 0.456. The molecule has 1 aliphatic rings. The van der Waals surface area contributed by atoms with Crippen LogP contribution in [-0.2, 0) is 0 Å². The fraction of sp³-hybridized carbons (Fsp3) is 0.667. The van der Waals surface area contributed by atoms with Gasteiger partial charge in [-0.1, -0.05) is 0 Å². The molecule has 0 saturated heterocycles. The Balaban J connectivity index is 1.82. The number of H-pyrrole nitrogens is 1. The number of hydrogen-bond acceptors (Lipinski definition) is 2. The second kappa shape index (κ2) is 4.71. The Labute approximate surface area is 91.7 Å². The van der Waals surface area contributed by atoms with Gasteiger partial charge in [0.05, 0.1) is 0 Å². The molecule has 0 amide bonds. The highest BCUT2D eigenvalue weighted by atomic mass is 15.2. The van der Waals surface area contributed by atoms with Gasteiger partial charge in [-0.2, -0.15) is 0 Å². The van der Waals surface area contributed by atoms with Gasteiger partial charge in [0.15, 0.2) is 0 Å². The van der Waals surface area contributed by atoms with Gasteiger partial charge in [0, 0.05) is 25.8 Å². The molecule has 1 aliphatic carbocycles. The number of nitrogens with two attached hydrogens (primary N) is 1. The maximum atomic E-state index is 5.90. The molecular weight excluding hydrogens is 186 g/mol. The highest BCUT2D eigenvalue weighted by Gasteiger charge is 2.19. The van der Waals surface area contributed by atoms with Crippen LogP contribution in [0.15, 0.2) is 18.3 Å². The van der Waals surface area contributed by atoms with Gasteiger partial charge in [-0.25, -0.2) is 0 Å². The van der Waals surface area contributed by atoms with Crippen molar-refractivity contribution in [3.05, 3.63) is 18.3 Å². The van der Waals surface area contributed by atoms with Crippen molar-refractivity contribution in [3.63, 3.8) is 0 Å². The largest absolute Gasteiger partial charge is 0.361 e. The molecule has 1 saturated carbocycles. The standard InChI is InChI=1S/C12H21N3/c1-15(12-3-2-8-14-12)9-10-4-6-11(13)7-5-10/h2-3,8,10-11,14H,4-7,9,13H2,1H3. The van der Waals surface area contributed by atoms with Gasteiger partial charge >= 0.3 is 0 Å². The molecular formula is C12H21N3. The molecule has 3 nitrogen and oxygen atoms in total. The second-order valence-electron chi connectivity index (χ2n) is 4.72. The summed E-state index contributed by atoms with van der Waals surface area (Å²) in [6.45, 7) is 1.15. The molecule has 0 unspecified atom stereocenters. The van der Waals surface area contributed by atoms with Gasteiger partial charge in [-0.05, 0) is 43.7 Å². The first-order chi connectivity index (χ1) is 7.25. The molecule has 0 aromatic carbocycles. The third-order valence-corrected chi connectivity index (χ3v) is 3.42. The molecule has 1 fully saturated rings. The molecule has 2 rings (SSSR count). The van der Waals surface area contributed by atoms with Gasteiger partial charge in [0.1, 0.15) is 5.82 Å². The van der Waals surface area contributed by atoms with Crippen molar-refractivity contribution in [2.75, 3.05) is 18.5 Å². The number of aromatic nitrogens is 1. The Morgan fingerprint density at radius 2 is 2.13 bits per heavy atom. The minimum atomic E-state index is 0.456. The van der Waals surface area contributed by atoms with E-state index in [0.29, 0.717) is 6.04 Å². The minimum Gasteiger partial charge on any atom is -0.361 e. The van der Waals surface area contributed by atoms with Crippen molar-refractivity contribution >= 4 is 5.82 Å². The monoisotopic (exact) mass is 207 g/mol. The third-order valence-electron chi connectivity index (χ3n) is 3.42. The summed E-state index contributed by atoms with van der Waals surface area (Å²) in [7, 11) is 2.15. The summed E-state index contributed by atoms with van der Waals surface area (Å²) in [5.41, 5.74) is 5.90. The van der Waals surface area contributed by atoms with E-state index in [1.807, 2.05) is 12.3 Å². The molecule has 0 spiro atoms. The lowest BCUT2D eigenvalue weighted by molar-refractivity contribution is 0.329. The third kappa shape index (κ3) is 2.75. The first kappa shape index (κ1) is 10.6. The van der Waals surface area contributed by atoms with E-state index < -0.39 is 0 Å². The van der Waals surface area contributed by atoms with E-state index in [0.717, 1.165) is 12.5 Å². The fourth-order valence-electron chi connectivity index (χ4n) is 2.41. The molecule has 15 heavy (non-hydrogen) atoms. The van der Waals surface area contributed by atoms with E-state index in [2.05, 4.69) is 23.0 Å². The Hall–Kier alpha value is -0.960. The second-order valence-corrected chi connectivity index (χ2v) is 4.72. The van der Waals surface area contributed by atoms with E-state index in [9.17, 15) is 0 Å². The van der Waals surface area contributed by atoms with Crippen LogP contribution < -0.4 is 10.6 Å². The topological polar surface area (TPSA) is 45.0 Å². The highest BCUT2D eigenvalue weighted by Crippen LogP contribution is 2.24. The molecule has 1 aromatic heterocycles. The van der Waals surface area contributed by atoms with Gasteiger partial charge in [0.25, 0.3) is 0 Å². The molecule has 0 atom stereocenters. The smallest absolute Gasteiger partial charge is 0.105 e. The summed E-state index contributed by atoms with van der Waals surface area (Å²) in [5.74, 6) is 2.03. The number of rotatable bonds is 3. The molecule has 0 aliphatic heterocycles. The maximum Gasteiger partial charge on any atom is 0.105 e.